The van der Waals surface area contributed by atoms with Gasteiger partial charge in [-0.15, -0.1) is 0 Å². The number of nitrogens with one attached hydrogen (secondary N) is 1. The number of fused-ring (bicyclic) bond motifs is 1. The fourth-order valence-electron chi connectivity index (χ4n) is 2.73. The molecular formula is C19H20N4O2. The maximum absolute atomic E-state index is 12.2. The molecule has 2 aromatic carbocycles. The predicted molar refractivity (Wildman–Crippen MR) is 97.6 cm³/mol. The maximum atomic E-state index is 12.2. The zero-order valence-corrected chi connectivity index (χ0v) is 13.8. The van der Waals surface area contributed by atoms with Crippen LogP contribution in [-0.4, -0.2) is 35.8 Å². The van der Waals surface area contributed by atoms with Crippen LogP contribution in [0, 0.1) is 0 Å². The fourth-order valence-corrected chi connectivity index (χ4v) is 2.73. The Hall–Kier alpha value is -3.15. The molecule has 0 radical (unpaired) electrons. The number of anilines is 1. The highest BCUT2D eigenvalue weighted by atomic mass is 16.2. The topological polar surface area (TPSA) is 87.8 Å². The average molecular weight is 336 g/mol. The quantitative estimate of drug-likeness (QED) is 0.367. The molecule has 0 aliphatic carbocycles. The third-order valence-electron chi connectivity index (χ3n) is 4.00. The predicted octanol–water partition coefficient (Wildman–Crippen LogP) is 2.49. The van der Waals surface area contributed by atoms with Gasteiger partial charge in [-0.3, -0.25) is 19.5 Å². The fraction of sp³-hybridized carbons (Fsp3) is 0.211. The van der Waals surface area contributed by atoms with Gasteiger partial charge in [0, 0.05) is 18.8 Å². The Labute approximate surface area is 146 Å². The van der Waals surface area contributed by atoms with E-state index in [9.17, 15) is 9.59 Å². The van der Waals surface area contributed by atoms with E-state index in [1.54, 1.807) is 24.3 Å². The van der Waals surface area contributed by atoms with Gasteiger partial charge in [0.2, 0.25) is 0 Å². The van der Waals surface area contributed by atoms with E-state index in [1.807, 2.05) is 30.3 Å². The van der Waals surface area contributed by atoms with Crippen molar-refractivity contribution < 1.29 is 9.59 Å². The molecule has 0 saturated carbocycles. The highest BCUT2D eigenvalue weighted by Crippen LogP contribution is 2.22. The van der Waals surface area contributed by atoms with Gasteiger partial charge in [0.25, 0.3) is 11.8 Å². The molecule has 128 valence electrons. The van der Waals surface area contributed by atoms with E-state index in [-0.39, 0.29) is 11.8 Å². The number of benzene rings is 2. The Bertz CT molecular complexity index is 767. The summed E-state index contributed by atoms with van der Waals surface area (Å²) in [7, 11) is 0. The third-order valence-corrected chi connectivity index (χ3v) is 4.00. The molecule has 0 atom stereocenters. The summed E-state index contributed by atoms with van der Waals surface area (Å²) in [6.07, 6.45) is 1.43. The Morgan fingerprint density at radius 2 is 1.52 bits per heavy atom. The van der Waals surface area contributed by atoms with E-state index in [1.165, 1.54) is 4.90 Å². The van der Waals surface area contributed by atoms with Crippen LogP contribution in [0.25, 0.3) is 0 Å². The van der Waals surface area contributed by atoms with Crippen molar-refractivity contribution in [1.29, 1.82) is 0 Å². The van der Waals surface area contributed by atoms with Crippen LogP contribution in [0.15, 0.2) is 59.6 Å². The van der Waals surface area contributed by atoms with Crippen molar-refractivity contribution in [2.75, 3.05) is 18.4 Å². The summed E-state index contributed by atoms with van der Waals surface area (Å²) in [5, 5.41) is 3.01. The normalized spacial score (nSPS) is 13.9. The number of carbonyl (C=O) groups excluding carboxylic acids is 2. The molecule has 25 heavy (non-hydrogen) atoms. The second-order valence-electron chi connectivity index (χ2n) is 5.77. The van der Waals surface area contributed by atoms with Crippen molar-refractivity contribution in [3.63, 3.8) is 0 Å². The van der Waals surface area contributed by atoms with E-state index in [0.29, 0.717) is 36.6 Å². The average Bonchev–Trinajstić information content (AvgIpc) is 2.87. The van der Waals surface area contributed by atoms with Crippen LogP contribution in [-0.2, 0) is 0 Å². The molecule has 3 rings (SSSR count). The summed E-state index contributed by atoms with van der Waals surface area (Å²) in [6.45, 7) is 0.933. The smallest absolute Gasteiger partial charge is 0.261 e. The number of rotatable bonds is 6. The molecule has 1 aliphatic heterocycles. The molecule has 1 heterocycles. The minimum Gasteiger partial charge on any atom is -0.370 e. The van der Waals surface area contributed by atoms with Crippen molar-refractivity contribution in [2.45, 2.75) is 12.8 Å². The van der Waals surface area contributed by atoms with Gasteiger partial charge in [-0.2, -0.15) is 0 Å². The van der Waals surface area contributed by atoms with E-state index in [0.717, 1.165) is 12.1 Å². The lowest BCUT2D eigenvalue weighted by molar-refractivity contribution is 0.0652. The van der Waals surface area contributed by atoms with Gasteiger partial charge in [-0.05, 0) is 37.1 Å². The molecule has 0 bridgehead atoms. The lowest BCUT2D eigenvalue weighted by atomic mass is 10.1. The number of nitrogens with zero attached hydrogens (tertiary/aromatic N) is 2. The second-order valence-corrected chi connectivity index (χ2v) is 5.77. The van der Waals surface area contributed by atoms with Crippen LogP contribution in [0.4, 0.5) is 5.69 Å². The summed E-state index contributed by atoms with van der Waals surface area (Å²) in [5.74, 6) is -0.0735. The highest BCUT2D eigenvalue weighted by molar-refractivity contribution is 6.21. The summed E-state index contributed by atoms with van der Waals surface area (Å²) in [5.41, 5.74) is 7.69. The first-order valence-electron chi connectivity index (χ1n) is 8.24. The summed E-state index contributed by atoms with van der Waals surface area (Å²) < 4.78 is 0. The van der Waals surface area contributed by atoms with Gasteiger partial charge < -0.3 is 11.1 Å². The lowest BCUT2D eigenvalue weighted by Crippen LogP contribution is -2.30. The molecule has 0 fully saturated rings. The number of imide groups is 1. The Morgan fingerprint density at radius 3 is 2.16 bits per heavy atom. The molecule has 2 amide bonds. The van der Waals surface area contributed by atoms with Crippen LogP contribution in [0.2, 0.25) is 0 Å². The minimum absolute atomic E-state index is 0.214. The molecule has 6 nitrogen and oxygen atoms in total. The number of hydrogen-bond donors (Lipinski definition) is 2. The largest absolute Gasteiger partial charge is 0.370 e. The van der Waals surface area contributed by atoms with Crippen LogP contribution >= 0.6 is 0 Å². The van der Waals surface area contributed by atoms with Crippen molar-refractivity contribution in [1.82, 2.24) is 4.90 Å². The zero-order chi connectivity index (χ0) is 17.6. The first-order chi connectivity index (χ1) is 12.2. The number of amides is 2. The Balaban J connectivity index is 1.44. The van der Waals surface area contributed by atoms with Crippen LogP contribution in [0.5, 0.6) is 0 Å². The molecule has 3 N–H and O–H groups in total. The van der Waals surface area contributed by atoms with Crippen LogP contribution in [0.1, 0.15) is 33.6 Å². The summed E-state index contributed by atoms with van der Waals surface area (Å²) in [4.78, 5) is 30.0. The molecule has 1 aliphatic rings. The maximum Gasteiger partial charge on any atom is 0.261 e. The van der Waals surface area contributed by atoms with E-state index in [4.69, 9.17) is 5.73 Å². The molecule has 6 heteroatoms. The number of hydrogen-bond acceptors (Lipinski definition) is 3. The lowest BCUT2D eigenvalue weighted by Gasteiger charge is -2.13. The van der Waals surface area contributed by atoms with E-state index in [2.05, 4.69) is 10.3 Å². The summed E-state index contributed by atoms with van der Waals surface area (Å²) in [6, 6.07) is 16.5. The SMILES string of the molecule is NC(=NCCCCN1C(=O)c2ccccc2C1=O)Nc1ccccc1. The molecule has 0 unspecified atom stereocenters. The van der Waals surface area contributed by atoms with Gasteiger partial charge in [-0.25, -0.2) is 0 Å². The Morgan fingerprint density at radius 1 is 0.920 bits per heavy atom. The second kappa shape index (κ2) is 7.61. The number of aliphatic imine (C=N–C) groups is 1. The standard InChI is InChI=1S/C19H20N4O2/c20-19(22-14-8-2-1-3-9-14)21-12-6-7-13-23-17(24)15-10-4-5-11-16(15)18(23)25/h1-5,8-11H,6-7,12-13H2,(H3,20,21,22). The third kappa shape index (κ3) is 3.85. The Kier molecular flexibility index (Phi) is 5.09. The molecular weight excluding hydrogens is 316 g/mol. The number of unbranched alkanes of at least 4 members (excludes halogenated alkanes) is 1. The van der Waals surface area contributed by atoms with Crippen molar-refractivity contribution in [3.05, 3.63) is 65.7 Å². The number of para-hydroxylation sites is 1. The van der Waals surface area contributed by atoms with E-state index < -0.39 is 0 Å². The number of guanidine groups is 1. The molecule has 0 saturated heterocycles. The van der Waals surface area contributed by atoms with E-state index >= 15 is 0 Å². The summed E-state index contributed by atoms with van der Waals surface area (Å²) >= 11 is 0. The van der Waals surface area contributed by atoms with Crippen molar-refractivity contribution in [3.8, 4) is 0 Å². The van der Waals surface area contributed by atoms with Crippen LogP contribution in [0.3, 0.4) is 0 Å². The minimum atomic E-state index is -0.214. The first-order valence-corrected chi connectivity index (χ1v) is 8.24. The molecule has 0 aromatic heterocycles. The monoisotopic (exact) mass is 336 g/mol. The van der Waals surface area contributed by atoms with Gasteiger partial charge in [-0.1, -0.05) is 30.3 Å². The number of nitrogens with two attached hydrogens (primary N) is 1. The van der Waals surface area contributed by atoms with Crippen LogP contribution < -0.4 is 11.1 Å². The molecule has 2 aromatic rings. The van der Waals surface area contributed by atoms with Crippen molar-refractivity contribution in [2.24, 2.45) is 10.7 Å². The first kappa shape index (κ1) is 16.7. The van der Waals surface area contributed by atoms with Crippen molar-refractivity contribution >= 4 is 23.5 Å². The van der Waals surface area contributed by atoms with Gasteiger partial charge in [0.1, 0.15) is 0 Å². The van der Waals surface area contributed by atoms with Gasteiger partial charge >= 0.3 is 0 Å². The van der Waals surface area contributed by atoms with Gasteiger partial charge in [0.15, 0.2) is 5.96 Å². The molecule has 0 spiro atoms. The van der Waals surface area contributed by atoms with Gasteiger partial charge in [0.05, 0.1) is 11.1 Å². The zero-order valence-electron chi connectivity index (χ0n) is 13.8. The highest BCUT2D eigenvalue weighted by Gasteiger charge is 2.34. The number of carbonyl (C=O) groups is 2.